The number of ether oxygens (including phenoxy) is 1. The highest BCUT2D eigenvalue weighted by atomic mass is 16.5. The van der Waals surface area contributed by atoms with Gasteiger partial charge >= 0.3 is 5.97 Å². The summed E-state index contributed by atoms with van der Waals surface area (Å²) in [5.74, 6) is -0.0553. The third-order valence-electron chi connectivity index (χ3n) is 15.2. The van der Waals surface area contributed by atoms with Crippen molar-refractivity contribution in [1.82, 2.24) is 5.32 Å². The molecule has 0 aromatic carbocycles. The van der Waals surface area contributed by atoms with Gasteiger partial charge < -0.3 is 20.3 Å². The normalized spacial score (nSPS) is 12.8. The van der Waals surface area contributed by atoms with Crippen LogP contribution in [0, 0.1) is 0 Å². The van der Waals surface area contributed by atoms with Gasteiger partial charge in [0.25, 0.3) is 0 Å². The Morgan fingerprint density at radius 3 is 1.05 bits per heavy atom. The number of aliphatic hydroxyl groups excluding tert-OH is 2. The molecule has 3 N–H and O–H groups in total. The van der Waals surface area contributed by atoms with Crippen molar-refractivity contribution in [3.63, 3.8) is 0 Å². The van der Waals surface area contributed by atoms with Gasteiger partial charge in [-0.15, -0.1) is 0 Å². The number of allylic oxidation sites excluding steroid dienone is 5. The van der Waals surface area contributed by atoms with Crippen LogP contribution in [0.5, 0.6) is 0 Å². The monoisotopic (exact) mass is 1030 g/mol. The summed E-state index contributed by atoms with van der Waals surface area (Å²) in [7, 11) is 0. The fourth-order valence-corrected chi connectivity index (χ4v) is 10.1. The molecule has 0 aromatic rings. The number of nitrogens with one attached hydrogen (secondary N) is 1. The van der Waals surface area contributed by atoms with Crippen LogP contribution < -0.4 is 5.32 Å². The van der Waals surface area contributed by atoms with Gasteiger partial charge in [0.05, 0.1) is 25.4 Å². The van der Waals surface area contributed by atoms with E-state index in [1.54, 1.807) is 6.08 Å². The van der Waals surface area contributed by atoms with Gasteiger partial charge in [-0.1, -0.05) is 314 Å². The maximum atomic E-state index is 12.4. The van der Waals surface area contributed by atoms with Gasteiger partial charge in [0.1, 0.15) is 0 Å². The average Bonchev–Trinajstić information content (AvgIpc) is 3.39. The van der Waals surface area contributed by atoms with Crippen molar-refractivity contribution in [2.45, 2.75) is 366 Å². The van der Waals surface area contributed by atoms with Crippen molar-refractivity contribution in [1.29, 1.82) is 0 Å². The SMILES string of the molecule is CCCCCC/C=C\C/C=C\CCCCCCCCCC(=O)OCCCCCCCCCCCCCCCCCCCCCCCCCCCCCC(=O)NC(CO)C(O)/C=C/CCCCCCCCCCC. The Morgan fingerprint density at radius 2 is 0.685 bits per heavy atom. The topological polar surface area (TPSA) is 95.9 Å². The Morgan fingerprint density at radius 1 is 0.384 bits per heavy atom. The number of hydrogen-bond donors (Lipinski definition) is 3. The summed E-state index contributed by atoms with van der Waals surface area (Å²) in [6.07, 6.45) is 79.2. The van der Waals surface area contributed by atoms with Gasteiger partial charge in [-0.05, 0) is 64.2 Å². The third-order valence-corrected chi connectivity index (χ3v) is 15.2. The zero-order valence-corrected chi connectivity index (χ0v) is 49.1. The predicted octanol–water partition coefficient (Wildman–Crippen LogP) is 20.8. The Hall–Kier alpha value is -1.92. The highest BCUT2D eigenvalue weighted by Gasteiger charge is 2.18. The third kappa shape index (κ3) is 59.2. The van der Waals surface area contributed by atoms with Gasteiger partial charge in [0, 0.05) is 12.8 Å². The second kappa shape index (κ2) is 62.6. The summed E-state index contributed by atoms with van der Waals surface area (Å²) in [6.45, 7) is 4.89. The summed E-state index contributed by atoms with van der Waals surface area (Å²) in [6, 6.07) is -0.624. The Balaban J connectivity index is 3.34. The molecular formula is C67H127NO5. The maximum Gasteiger partial charge on any atom is 0.305 e. The molecule has 0 radical (unpaired) electrons. The molecule has 2 atom stereocenters. The molecule has 0 saturated carbocycles. The number of carbonyl (C=O) groups excluding carboxylic acids is 2. The number of rotatable bonds is 61. The molecule has 0 spiro atoms. The van der Waals surface area contributed by atoms with Crippen molar-refractivity contribution in [3.8, 4) is 0 Å². The fourth-order valence-electron chi connectivity index (χ4n) is 10.1. The summed E-state index contributed by atoms with van der Waals surface area (Å²) in [5, 5.41) is 23.0. The lowest BCUT2D eigenvalue weighted by Gasteiger charge is -2.20. The van der Waals surface area contributed by atoms with Gasteiger partial charge in [0.15, 0.2) is 0 Å². The van der Waals surface area contributed by atoms with Crippen molar-refractivity contribution < 1.29 is 24.5 Å². The number of amides is 1. The van der Waals surface area contributed by atoms with E-state index in [4.69, 9.17) is 4.74 Å². The highest BCUT2D eigenvalue weighted by Crippen LogP contribution is 2.18. The van der Waals surface area contributed by atoms with E-state index in [1.165, 1.54) is 276 Å². The molecule has 1 amide bonds. The molecule has 2 unspecified atom stereocenters. The van der Waals surface area contributed by atoms with Crippen molar-refractivity contribution >= 4 is 11.9 Å². The summed E-state index contributed by atoms with van der Waals surface area (Å²) < 4.78 is 5.50. The standard InChI is InChI=1S/C67H127NO5/c1-3-5-7-9-11-13-15-16-17-18-31-34-37-41-45-49-53-57-61-67(72)73-62-58-54-50-46-42-38-35-32-29-27-25-23-21-19-20-22-24-26-28-30-33-36-40-44-48-52-56-60-66(71)68-64(63-69)65(70)59-55-51-47-43-39-14-12-10-8-6-4-2/h13,15,17-18,55,59,64-65,69-70H,3-12,14,16,19-54,56-58,60-63H2,1-2H3,(H,68,71)/b15-13-,18-17-,59-55+. The smallest absolute Gasteiger partial charge is 0.305 e. The van der Waals surface area contributed by atoms with Gasteiger partial charge in [-0.25, -0.2) is 0 Å². The van der Waals surface area contributed by atoms with E-state index in [9.17, 15) is 19.8 Å². The van der Waals surface area contributed by atoms with E-state index in [0.717, 1.165) is 51.4 Å². The molecule has 73 heavy (non-hydrogen) atoms. The molecule has 0 aliphatic carbocycles. The van der Waals surface area contributed by atoms with Gasteiger partial charge in [-0.3, -0.25) is 9.59 Å². The van der Waals surface area contributed by atoms with E-state index < -0.39 is 12.1 Å². The fraction of sp³-hybridized carbons (Fsp3) is 0.881. The molecule has 0 aromatic heterocycles. The zero-order chi connectivity index (χ0) is 52.9. The van der Waals surface area contributed by atoms with Crippen molar-refractivity contribution in [2.75, 3.05) is 13.2 Å². The van der Waals surface area contributed by atoms with E-state index in [1.807, 2.05) is 6.08 Å². The molecule has 0 fully saturated rings. The zero-order valence-electron chi connectivity index (χ0n) is 49.1. The van der Waals surface area contributed by atoms with Crippen LogP contribution in [0.4, 0.5) is 0 Å². The Kier molecular flexibility index (Phi) is 61.0. The first-order chi connectivity index (χ1) is 36.0. The van der Waals surface area contributed by atoms with Gasteiger partial charge in [0.2, 0.25) is 5.91 Å². The first-order valence-corrected chi connectivity index (χ1v) is 32.8. The number of carbonyl (C=O) groups is 2. The lowest BCUT2D eigenvalue weighted by atomic mass is 10.0. The van der Waals surface area contributed by atoms with E-state index in [0.29, 0.717) is 19.4 Å². The van der Waals surface area contributed by atoms with Crippen LogP contribution in [0.15, 0.2) is 36.5 Å². The molecule has 0 aliphatic rings. The second-order valence-corrected chi connectivity index (χ2v) is 22.5. The van der Waals surface area contributed by atoms with Gasteiger partial charge in [-0.2, -0.15) is 0 Å². The van der Waals surface area contributed by atoms with Crippen molar-refractivity contribution in [2.24, 2.45) is 0 Å². The molecule has 0 saturated heterocycles. The lowest BCUT2D eigenvalue weighted by molar-refractivity contribution is -0.143. The molecule has 0 rings (SSSR count). The average molecular weight is 1030 g/mol. The minimum absolute atomic E-state index is 0.0104. The van der Waals surface area contributed by atoms with Crippen LogP contribution in [0.2, 0.25) is 0 Å². The van der Waals surface area contributed by atoms with E-state index in [-0.39, 0.29) is 18.5 Å². The molecule has 6 heteroatoms. The maximum absolute atomic E-state index is 12.4. The predicted molar refractivity (Wildman–Crippen MR) is 319 cm³/mol. The van der Waals surface area contributed by atoms with Crippen molar-refractivity contribution in [3.05, 3.63) is 36.5 Å². The van der Waals surface area contributed by atoms with Crippen LogP contribution in [0.1, 0.15) is 354 Å². The number of hydrogen-bond acceptors (Lipinski definition) is 5. The summed E-state index contributed by atoms with van der Waals surface area (Å²) >= 11 is 0. The Labute approximate surface area is 455 Å². The highest BCUT2D eigenvalue weighted by molar-refractivity contribution is 5.76. The van der Waals surface area contributed by atoms with Crippen LogP contribution in [-0.2, 0) is 14.3 Å². The van der Waals surface area contributed by atoms with Crippen LogP contribution in [-0.4, -0.2) is 47.4 Å². The summed E-state index contributed by atoms with van der Waals surface area (Å²) in [5.41, 5.74) is 0. The first kappa shape index (κ1) is 71.1. The largest absolute Gasteiger partial charge is 0.466 e. The van der Waals surface area contributed by atoms with E-state index in [2.05, 4.69) is 43.5 Å². The second-order valence-electron chi connectivity index (χ2n) is 22.5. The number of unbranched alkanes of at least 4 members (excludes halogenated alkanes) is 46. The number of aliphatic hydroxyl groups is 2. The Bertz CT molecular complexity index is 1180. The molecule has 6 nitrogen and oxygen atoms in total. The van der Waals surface area contributed by atoms with Crippen LogP contribution >= 0.6 is 0 Å². The minimum Gasteiger partial charge on any atom is -0.466 e. The van der Waals surface area contributed by atoms with Crippen LogP contribution in [0.25, 0.3) is 0 Å². The lowest BCUT2D eigenvalue weighted by Crippen LogP contribution is -2.45. The number of esters is 1. The first-order valence-electron chi connectivity index (χ1n) is 32.8. The van der Waals surface area contributed by atoms with E-state index >= 15 is 0 Å². The quantitative estimate of drug-likeness (QED) is 0.0320. The minimum atomic E-state index is -0.841. The van der Waals surface area contributed by atoms with Crippen LogP contribution in [0.3, 0.4) is 0 Å². The summed E-state index contributed by atoms with van der Waals surface area (Å²) in [4.78, 5) is 24.5. The molecule has 0 aliphatic heterocycles. The molecule has 0 heterocycles. The molecule has 430 valence electrons. The molecular weight excluding hydrogens is 899 g/mol. The molecule has 0 bridgehead atoms.